The van der Waals surface area contributed by atoms with E-state index in [-0.39, 0.29) is 33.0 Å². The van der Waals surface area contributed by atoms with Crippen LogP contribution in [0.2, 0.25) is 0 Å². The summed E-state index contributed by atoms with van der Waals surface area (Å²) in [7, 11) is -2.79. The van der Waals surface area contributed by atoms with Crippen molar-refractivity contribution in [3.05, 3.63) is 77.4 Å². The second-order valence-electron chi connectivity index (χ2n) is 7.29. The second kappa shape index (κ2) is 8.41. The van der Waals surface area contributed by atoms with Crippen LogP contribution in [0.5, 0.6) is 11.5 Å². The lowest BCUT2D eigenvalue weighted by Crippen LogP contribution is -2.13. The fourth-order valence-electron chi connectivity index (χ4n) is 3.42. The van der Waals surface area contributed by atoms with Crippen LogP contribution in [0.3, 0.4) is 0 Å². The number of sulfonamides is 1. The number of amides is 1. The lowest BCUT2D eigenvalue weighted by molar-refractivity contribution is -0.137. The van der Waals surface area contributed by atoms with Crippen molar-refractivity contribution in [1.82, 2.24) is 0 Å². The van der Waals surface area contributed by atoms with Gasteiger partial charge in [0.1, 0.15) is 11.5 Å². The molecule has 0 unspecified atom stereocenters. The van der Waals surface area contributed by atoms with Gasteiger partial charge < -0.3 is 15.2 Å². The standard InChI is InChI=1S/C23H17F3N2O5S/c1-33-21-4-2-3-20(29)18(21)12-17-16-11-15(9-10-19(16)27-22(17)30)34(31,32)28-14-7-5-13(6-8-14)23(24,25)26/h2-12,28-29H,1H3,(H,27,30). The number of phenolic OH excluding ortho intramolecular Hbond substituents is 1. The summed E-state index contributed by atoms with van der Waals surface area (Å²) in [6.45, 7) is 0. The van der Waals surface area contributed by atoms with Crippen molar-refractivity contribution in [1.29, 1.82) is 0 Å². The molecule has 34 heavy (non-hydrogen) atoms. The molecule has 1 aliphatic heterocycles. The zero-order valence-electron chi connectivity index (χ0n) is 17.5. The normalized spacial score (nSPS) is 14.6. The van der Waals surface area contributed by atoms with E-state index in [9.17, 15) is 31.5 Å². The zero-order valence-corrected chi connectivity index (χ0v) is 18.3. The summed E-state index contributed by atoms with van der Waals surface area (Å²) in [5.74, 6) is -0.340. The van der Waals surface area contributed by atoms with Gasteiger partial charge in [0, 0.05) is 22.5 Å². The number of phenols is 1. The average Bonchev–Trinajstić information content (AvgIpc) is 3.09. The van der Waals surface area contributed by atoms with E-state index in [1.165, 1.54) is 37.5 Å². The molecule has 0 radical (unpaired) electrons. The molecule has 3 N–H and O–H groups in total. The van der Waals surface area contributed by atoms with Crippen LogP contribution in [0.25, 0.3) is 11.6 Å². The van der Waals surface area contributed by atoms with Gasteiger partial charge in [-0.1, -0.05) is 6.07 Å². The summed E-state index contributed by atoms with van der Waals surface area (Å²) in [6.07, 6.45) is -3.16. The summed E-state index contributed by atoms with van der Waals surface area (Å²) < 4.78 is 71.4. The molecule has 3 aromatic rings. The Morgan fingerprint density at radius 1 is 1.06 bits per heavy atom. The van der Waals surface area contributed by atoms with Crippen LogP contribution in [0.4, 0.5) is 24.5 Å². The number of carbonyl (C=O) groups excluding carboxylic acids is 1. The number of anilines is 2. The van der Waals surface area contributed by atoms with Crippen molar-refractivity contribution in [3.8, 4) is 11.5 Å². The van der Waals surface area contributed by atoms with E-state index in [1.54, 1.807) is 12.1 Å². The fourth-order valence-corrected chi connectivity index (χ4v) is 4.50. The van der Waals surface area contributed by atoms with Gasteiger partial charge in [-0.05, 0) is 60.7 Å². The molecule has 0 spiro atoms. The lowest BCUT2D eigenvalue weighted by atomic mass is 10.0. The van der Waals surface area contributed by atoms with E-state index >= 15 is 0 Å². The van der Waals surface area contributed by atoms with Gasteiger partial charge in [-0.25, -0.2) is 8.42 Å². The van der Waals surface area contributed by atoms with Crippen LogP contribution in [0.1, 0.15) is 16.7 Å². The van der Waals surface area contributed by atoms with Crippen molar-refractivity contribution in [2.45, 2.75) is 11.1 Å². The van der Waals surface area contributed by atoms with Gasteiger partial charge in [0.25, 0.3) is 15.9 Å². The molecule has 4 rings (SSSR count). The van der Waals surface area contributed by atoms with E-state index in [2.05, 4.69) is 10.0 Å². The molecule has 1 amide bonds. The third-order valence-corrected chi connectivity index (χ3v) is 6.48. The average molecular weight is 490 g/mol. The molecule has 11 heteroatoms. The van der Waals surface area contributed by atoms with E-state index < -0.39 is 27.7 Å². The fraction of sp³-hybridized carbons (Fsp3) is 0.0870. The predicted octanol–water partition coefficient (Wildman–Crippen LogP) is 4.71. The summed E-state index contributed by atoms with van der Waals surface area (Å²) >= 11 is 0. The Balaban J connectivity index is 1.70. The minimum Gasteiger partial charge on any atom is -0.507 e. The van der Waals surface area contributed by atoms with Gasteiger partial charge in [0.2, 0.25) is 0 Å². The summed E-state index contributed by atoms with van der Waals surface area (Å²) in [6, 6.07) is 12.0. The van der Waals surface area contributed by atoms with Gasteiger partial charge >= 0.3 is 6.18 Å². The maximum Gasteiger partial charge on any atom is 0.416 e. The molecule has 0 bridgehead atoms. The quantitative estimate of drug-likeness (QED) is 0.449. The van der Waals surface area contributed by atoms with Gasteiger partial charge in [-0.3, -0.25) is 9.52 Å². The molecule has 1 heterocycles. The molecule has 0 atom stereocenters. The number of carbonyl (C=O) groups is 1. The molecule has 0 fully saturated rings. The van der Waals surface area contributed by atoms with Crippen molar-refractivity contribution < 1.29 is 36.2 Å². The Bertz CT molecular complexity index is 1420. The van der Waals surface area contributed by atoms with E-state index in [4.69, 9.17) is 4.74 Å². The van der Waals surface area contributed by atoms with Crippen LogP contribution >= 0.6 is 0 Å². The van der Waals surface area contributed by atoms with Crippen molar-refractivity contribution >= 4 is 39.0 Å². The highest BCUT2D eigenvalue weighted by molar-refractivity contribution is 7.92. The van der Waals surface area contributed by atoms with Crippen LogP contribution in [-0.4, -0.2) is 26.5 Å². The topological polar surface area (TPSA) is 105 Å². The number of alkyl halides is 3. The third-order valence-electron chi connectivity index (χ3n) is 5.10. The van der Waals surface area contributed by atoms with Gasteiger partial charge in [-0.15, -0.1) is 0 Å². The molecule has 0 saturated heterocycles. The minimum absolute atomic E-state index is 0.0580. The SMILES string of the molecule is COc1cccc(O)c1C=C1C(=O)Nc2ccc(S(=O)(=O)Nc3ccc(C(F)(F)F)cc3)cc21. The highest BCUT2D eigenvalue weighted by atomic mass is 32.2. The van der Waals surface area contributed by atoms with Gasteiger partial charge in [0.05, 0.1) is 23.1 Å². The van der Waals surface area contributed by atoms with Gasteiger partial charge in [-0.2, -0.15) is 13.2 Å². The molecule has 176 valence electrons. The first-order valence-electron chi connectivity index (χ1n) is 9.73. The number of halogens is 3. The first kappa shape index (κ1) is 23.2. The lowest BCUT2D eigenvalue weighted by Gasteiger charge is -2.11. The molecule has 0 aliphatic carbocycles. The number of benzene rings is 3. The Labute approximate surface area is 192 Å². The Morgan fingerprint density at radius 2 is 1.76 bits per heavy atom. The number of methoxy groups -OCH3 is 1. The first-order chi connectivity index (χ1) is 16.0. The summed E-state index contributed by atoms with van der Waals surface area (Å²) in [5.41, 5.74) is -0.00501. The smallest absolute Gasteiger partial charge is 0.416 e. The number of ether oxygens (including phenoxy) is 1. The molecule has 0 aromatic heterocycles. The van der Waals surface area contributed by atoms with Crippen molar-refractivity contribution in [2.24, 2.45) is 0 Å². The van der Waals surface area contributed by atoms with Crippen LogP contribution in [0.15, 0.2) is 65.6 Å². The predicted molar refractivity (Wildman–Crippen MR) is 120 cm³/mol. The van der Waals surface area contributed by atoms with Crippen LogP contribution in [0, 0.1) is 0 Å². The Morgan fingerprint density at radius 3 is 2.41 bits per heavy atom. The number of hydrogen-bond donors (Lipinski definition) is 3. The highest BCUT2D eigenvalue weighted by Gasteiger charge is 2.30. The maximum absolute atomic E-state index is 12.9. The van der Waals surface area contributed by atoms with Crippen molar-refractivity contribution in [2.75, 3.05) is 17.1 Å². The summed E-state index contributed by atoms with van der Waals surface area (Å²) in [5, 5.41) is 12.8. The summed E-state index contributed by atoms with van der Waals surface area (Å²) in [4.78, 5) is 12.3. The van der Waals surface area contributed by atoms with E-state index in [0.717, 1.165) is 24.3 Å². The number of fused-ring (bicyclic) bond motifs is 1. The zero-order chi connectivity index (χ0) is 24.7. The number of nitrogens with one attached hydrogen (secondary N) is 2. The van der Waals surface area contributed by atoms with Crippen LogP contribution in [-0.2, 0) is 21.0 Å². The third kappa shape index (κ3) is 4.42. The molecule has 0 saturated carbocycles. The molecule has 7 nitrogen and oxygen atoms in total. The van der Waals surface area contributed by atoms with Crippen molar-refractivity contribution in [3.63, 3.8) is 0 Å². The molecule has 3 aromatic carbocycles. The first-order valence-corrected chi connectivity index (χ1v) is 11.2. The number of hydrogen-bond acceptors (Lipinski definition) is 5. The Kier molecular flexibility index (Phi) is 5.74. The van der Waals surface area contributed by atoms with E-state index in [1.807, 2.05) is 0 Å². The van der Waals surface area contributed by atoms with Gasteiger partial charge in [0.15, 0.2) is 0 Å². The van der Waals surface area contributed by atoms with E-state index in [0.29, 0.717) is 11.4 Å². The Hall–Kier alpha value is -3.99. The number of rotatable bonds is 5. The second-order valence-corrected chi connectivity index (χ2v) is 8.98. The minimum atomic E-state index is -4.55. The largest absolute Gasteiger partial charge is 0.507 e. The molecular formula is C23H17F3N2O5S. The number of aromatic hydroxyl groups is 1. The monoisotopic (exact) mass is 490 g/mol. The molecular weight excluding hydrogens is 473 g/mol. The molecule has 1 aliphatic rings. The highest BCUT2D eigenvalue weighted by Crippen LogP contribution is 2.38. The van der Waals surface area contributed by atoms with Crippen LogP contribution < -0.4 is 14.8 Å². The maximum atomic E-state index is 12.9.